The molecule has 2 aromatic carbocycles. The van der Waals surface area contributed by atoms with Crippen molar-refractivity contribution in [2.75, 3.05) is 26.6 Å². The Morgan fingerprint density at radius 1 is 1.00 bits per heavy atom. The molecule has 8 nitrogen and oxygen atoms in total. The maximum atomic E-state index is 13.7. The minimum Gasteiger partial charge on any atom is -0.502 e. The van der Waals surface area contributed by atoms with E-state index in [4.69, 9.17) is 18.7 Å². The Kier molecular flexibility index (Phi) is 5.43. The minimum absolute atomic E-state index is 0.0276. The van der Waals surface area contributed by atoms with E-state index < -0.39 is 5.92 Å². The number of benzene rings is 2. The van der Waals surface area contributed by atoms with Crippen molar-refractivity contribution in [3.63, 3.8) is 0 Å². The van der Waals surface area contributed by atoms with E-state index >= 15 is 0 Å². The van der Waals surface area contributed by atoms with E-state index in [-0.39, 0.29) is 28.9 Å². The second kappa shape index (κ2) is 8.44. The third kappa shape index (κ3) is 3.46. The number of hydrogen-bond acceptors (Lipinski definition) is 8. The van der Waals surface area contributed by atoms with E-state index in [0.29, 0.717) is 30.0 Å². The van der Waals surface area contributed by atoms with Crippen molar-refractivity contribution in [1.82, 2.24) is 5.16 Å². The normalized spacial score (nSPS) is 19.2. The molecule has 1 aliphatic carbocycles. The lowest BCUT2D eigenvalue weighted by atomic mass is 9.72. The van der Waals surface area contributed by atoms with Crippen molar-refractivity contribution in [2.24, 2.45) is 0 Å². The standard InChI is InChI=1S/C26H26N2O6/c1-13-22-23(16-11-20(32-3)25(30)21(12-16)33-4)24-18(27-26(22)34-28-13)9-15(10-19(24)29)14-5-7-17(31-2)8-6-14/h5-8,11-12,15,23,27,30H,9-10H2,1-4H3/t15-,23+/m1/s1. The monoisotopic (exact) mass is 462 g/mol. The molecular formula is C26H26N2O6. The Labute approximate surface area is 197 Å². The second-order valence-corrected chi connectivity index (χ2v) is 8.54. The van der Waals surface area contributed by atoms with Gasteiger partial charge in [-0.25, -0.2) is 0 Å². The molecule has 1 aromatic heterocycles. The highest BCUT2D eigenvalue weighted by atomic mass is 16.5. The van der Waals surface area contributed by atoms with Gasteiger partial charge in [-0.05, 0) is 54.7 Å². The van der Waals surface area contributed by atoms with Crippen LogP contribution < -0.4 is 19.5 Å². The number of aryl methyl sites for hydroxylation is 1. The van der Waals surface area contributed by atoms with Crippen LogP contribution in [0, 0.1) is 6.92 Å². The molecule has 2 atom stereocenters. The summed E-state index contributed by atoms with van der Waals surface area (Å²) in [7, 11) is 4.59. The quantitative estimate of drug-likeness (QED) is 0.564. The molecule has 34 heavy (non-hydrogen) atoms. The van der Waals surface area contributed by atoms with Crippen molar-refractivity contribution in [3.05, 3.63) is 70.1 Å². The number of nitrogens with one attached hydrogen (secondary N) is 1. The fourth-order valence-electron chi connectivity index (χ4n) is 5.00. The molecule has 2 aliphatic rings. The van der Waals surface area contributed by atoms with E-state index in [0.717, 1.165) is 28.1 Å². The predicted octanol–water partition coefficient (Wildman–Crippen LogP) is 4.67. The number of fused-ring (bicyclic) bond motifs is 1. The molecule has 5 rings (SSSR count). The smallest absolute Gasteiger partial charge is 0.233 e. The van der Waals surface area contributed by atoms with Crippen LogP contribution in [-0.4, -0.2) is 37.4 Å². The van der Waals surface area contributed by atoms with Gasteiger partial charge in [-0.2, -0.15) is 0 Å². The molecule has 1 aliphatic heterocycles. The SMILES string of the molecule is COc1ccc([C@H]2CC(=O)C3=C(C2)Nc2onc(C)c2[C@@H]3c2cc(OC)c(O)c(OC)c2)cc1. The molecule has 0 bridgehead atoms. The van der Waals surface area contributed by atoms with Gasteiger partial charge in [0, 0.05) is 23.6 Å². The summed E-state index contributed by atoms with van der Waals surface area (Å²) in [4.78, 5) is 13.7. The Morgan fingerprint density at radius 2 is 1.68 bits per heavy atom. The van der Waals surface area contributed by atoms with Crippen LogP contribution in [0.3, 0.4) is 0 Å². The van der Waals surface area contributed by atoms with Crippen LogP contribution in [0.5, 0.6) is 23.0 Å². The van der Waals surface area contributed by atoms with Gasteiger partial charge in [0.1, 0.15) is 5.75 Å². The highest BCUT2D eigenvalue weighted by Gasteiger charge is 2.41. The number of aromatic nitrogens is 1. The molecule has 8 heteroatoms. The summed E-state index contributed by atoms with van der Waals surface area (Å²) in [5.74, 6) is 1.40. The lowest BCUT2D eigenvalue weighted by Crippen LogP contribution is -2.29. The van der Waals surface area contributed by atoms with E-state index in [1.807, 2.05) is 31.2 Å². The summed E-state index contributed by atoms with van der Waals surface area (Å²) in [6, 6.07) is 11.3. The number of phenolic OH excluding ortho intramolecular Hbond substituents is 1. The summed E-state index contributed by atoms with van der Waals surface area (Å²) < 4.78 is 21.6. The molecule has 0 fully saturated rings. The molecule has 2 N–H and O–H groups in total. The zero-order valence-electron chi connectivity index (χ0n) is 19.5. The van der Waals surface area contributed by atoms with Gasteiger partial charge in [0.15, 0.2) is 17.3 Å². The van der Waals surface area contributed by atoms with Crippen LogP contribution in [0.2, 0.25) is 0 Å². The Hall–Kier alpha value is -3.94. The molecule has 0 unspecified atom stereocenters. The number of hydrogen-bond donors (Lipinski definition) is 2. The third-order valence-corrected chi connectivity index (χ3v) is 6.68. The number of methoxy groups -OCH3 is 3. The Bertz CT molecular complexity index is 1270. The molecule has 3 aromatic rings. The summed E-state index contributed by atoms with van der Waals surface area (Å²) in [5.41, 5.74) is 4.81. The van der Waals surface area contributed by atoms with Gasteiger partial charge in [-0.3, -0.25) is 4.79 Å². The highest BCUT2D eigenvalue weighted by Crippen LogP contribution is 2.51. The number of phenols is 1. The molecule has 0 amide bonds. The van der Waals surface area contributed by atoms with E-state index in [9.17, 15) is 9.90 Å². The van der Waals surface area contributed by atoms with E-state index in [1.165, 1.54) is 14.2 Å². The first kappa shape index (κ1) is 21.9. The van der Waals surface area contributed by atoms with Crippen LogP contribution in [0.25, 0.3) is 0 Å². The van der Waals surface area contributed by atoms with Gasteiger partial charge in [0.05, 0.1) is 32.6 Å². The molecule has 0 saturated heterocycles. The number of anilines is 1. The van der Waals surface area contributed by atoms with Gasteiger partial charge in [-0.1, -0.05) is 17.3 Å². The summed E-state index contributed by atoms with van der Waals surface area (Å²) in [6.07, 6.45) is 1.03. The lowest BCUT2D eigenvalue weighted by molar-refractivity contribution is -0.116. The maximum Gasteiger partial charge on any atom is 0.233 e. The summed E-state index contributed by atoms with van der Waals surface area (Å²) in [6.45, 7) is 1.85. The van der Waals surface area contributed by atoms with Crippen molar-refractivity contribution >= 4 is 11.7 Å². The zero-order valence-corrected chi connectivity index (χ0v) is 19.5. The first-order valence-corrected chi connectivity index (χ1v) is 11.0. The number of ketones is 1. The van der Waals surface area contributed by atoms with Crippen molar-refractivity contribution < 1.29 is 28.6 Å². The van der Waals surface area contributed by atoms with Crippen LogP contribution in [-0.2, 0) is 4.79 Å². The largest absolute Gasteiger partial charge is 0.502 e. The number of nitrogens with zero attached hydrogens (tertiary/aromatic N) is 1. The number of aromatic hydroxyl groups is 1. The van der Waals surface area contributed by atoms with Crippen LogP contribution in [0.1, 0.15) is 47.1 Å². The summed E-state index contributed by atoms with van der Waals surface area (Å²) >= 11 is 0. The van der Waals surface area contributed by atoms with Gasteiger partial charge in [0.2, 0.25) is 11.6 Å². The Balaban J connectivity index is 1.62. The van der Waals surface area contributed by atoms with Gasteiger partial charge in [-0.15, -0.1) is 0 Å². The van der Waals surface area contributed by atoms with E-state index in [1.54, 1.807) is 19.2 Å². The Morgan fingerprint density at radius 3 is 2.29 bits per heavy atom. The van der Waals surface area contributed by atoms with Crippen LogP contribution in [0.15, 0.2) is 52.2 Å². The van der Waals surface area contributed by atoms with Crippen molar-refractivity contribution in [3.8, 4) is 23.0 Å². The van der Waals surface area contributed by atoms with Crippen molar-refractivity contribution in [1.29, 1.82) is 0 Å². The van der Waals surface area contributed by atoms with Crippen LogP contribution in [0.4, 0.5) is 5.88 Å². The third-order valence-electron chi connectivity index (χ3n) is 6.68. The molecule has 0 radical (unpaired) electrons. The van der Waals surface area contributed by atoms with Crippen molar-refractivity contribution in [2.45, 2.75) is 31.6 Å². The molecular weight excluding hydrogens is 436 g/mol. The van der Waals surface area contributed by atoms with Gasteiger partial charge < -0.3 is 29.2 Å². The predicted molar refractivity (Wildman–Crippen MR) is 125 cm³/mol. The number of rotatable bonds is 5. The van der Waals surface area contributed by atoms with Crippen LogP contribution >= 0.6 is 0 Å². The molecule has 2 heterocycles. The topological polar surface area (TPSA) is 103 Å². The number of allylic oxidation sites excluding steroid dienone is 2. The number of carbonyl (C=O) groups excluding carboxylic acids is 1. The second-order valence-electron chi connectivity index (χ2n) is 8.54. The minimum atomic E-state index is -0.426. The zero-order chi connectivity index (χ0) is 24.0. The van der Waals surface area contributed by atoms with Gasteiger partial charge >= 0.3 is 0 Å². The highest BCUT2D eigenvalue weighted by molar-refractivity contribution is 6.01. The summed E-state index contributed by atoms with van der Waals surface area (Å²) in [5, 5.41) is 17.9. The number of carbonyl (C=O) groups is 1. The fraction of sp³-hybridized carbons (Fsp3) is 0.308. The number of Topliss-reactive ketones (excluding diaryl/α,β-unsaturated/α-hetero) is 1. The fourth-order valence-corrected chi connectivity index (χ4v) is 5.00. The molecule has 176 valence electrons. The molecule has 0 saturated carbocycles. The lowest BCUT2D eigenvalue weighted by Gasteiger charge is -2.34. The average Bonchev–Trinajstić information content (AvgIpc) is 3.23. The molecule has 0 spiro atoms. The first-order valence-electron chi connectivity index (χ1n) is 11.0. The van der Waals surface area contributed by atoms with Gasteiger partial charge in [0.25, 0.3) is 0 Å². The average molecular weight is 463 g/mol. The number of ether oxygens (including phenoxy) is 3. The maximum absolute atomic E-state index is 13.7. The first-order chi connectivity index (χ1) is 16.4. The van der Waals surface area contributed by atoms with E-state index in [2.05, 4.69) is 10.5 Å².